The van der Waals surface area contributed by atoms with Crippen LogP contribution in [0.3, 0.4) is 0 Å². The van der Waals surface area contributed by atoms with Gasteiger partial charge in [-0.2, -0.15) is 0 Å². The minimum atomic E-state index is 0. The molecule has 0 aliphatic heterocycles. The van der Waals surface area contributed by atoms with Crippen molar-refractivity contribution in [2.45, 2.75) is 13.3 Å². The molecule has 17 heavy (non-hydrogen) atoms. The molecule has 1 atom stereocenters. The third kappa shape index (κ3) is 6.51. The van der Waals surface area contributed by atoms with E-state index in [0.717, 1.165) is 5.56 Å². The lowest BCUT2D eigenvalue weighted by Gasteiger charge is -2.09. The molecule has 0 spiro atoms. The van der Waals surface area contributed by atoms with Crippen LogP contribution in [0.5, 0.6) is 0 Å². The number of rotatable bonds is 5. The summed E-state index contributed by atoms with van der Waals surface area (Å²) in [5, 5.41) is 3.53. The summed E-state index contributed by atoms with van der Waals surface area (Å²) in [6.45, 7) is 3.21. The monoisotopic (exact) mass is 276 g/mol. The fourth-order valence-electron chi connectivity index (χ4n) is 1.22. The van der Waals surface area contributed by atoms with E-state index in [1.54, 1.807) is 12.1 Å². The number of nitrogens with two attached hydrogens (primary N) is 1. The van der Waals surface area contributed by atoms with Crippen molar-refractivity contribution >= 4 is 29.9 Å². The molecule has 0 fully saturated rings. The van der Waals surface area contributed by atoms with Gasteiger partial charge in [-0.3, -0.25) is 4.79 Å². The molecule has 0 heterocycles. The summed E-state index contributed by atoms with van der Waals surface area (Å²) >= 11 is 5.76. The van der Waals surface area contributed by atoms with Crippen molar-refractivity contribution in [1.29, 1.82) is 0 Å². The predicted molar refractivity (Wildman–Crippen MR) is 73.6 cm³/mol. The smallest absolute Gasteiger partial charge is 0.224 e. The highest BCUT2D eigenvalue weighted by Gasteiger charge is 2.05. The van der Waals surface area contributed by atoms with Gasteiger partial charge in [0.05, 0.1) is 6.42 Å². The lowest BCUT2D eigenvalue weighted by Crippen LogP contribution is -2.32. The van der Waals surface area contributed by atoms with E-state index in [0.29, 0.717) is 30.5 Å². The second-order valence-corrected chi connectivity index (χ2v) is 4.38. The van der Waals surface area contributed by atoms with Gasteiger partial charge < -0.3 is 11.1 Å². The SMILES string of the molecule is CC(CN)CNC(=O)Cc1ccc(Cl)cc1.Cl. The van der Waals surface area contributed by atoms with Gasteiger partial charge >= 0.3 is 0 Å². The number of halogens is 2. The van der Waals surface area contributed by atoms with Crippen molar-refractivity contribution in [3.05, 3.63) is 34.9 Å². The van der Waals surface area contributed by atoms with Crippen LogP contribution in [0.15, 0.2) is 24.3 Å². The first-order valence-electron chi connectivity index (χ1n) is 5.33. The molecule has 1 unspecified atom stereocenters. The Morgan fingerprint density at radius 3 is 2.53 bits per heavy atom. The second kappa shape index (κ2) is 8.34. The van der Waals surface area contributed by atoms with Crippen LogP contribution in [0.25, 0.3) is 0 Å². The van der Waals surface area contributed by atoms with E-state index in [4.69, 9.17) is 17.3 Å². The standard InChI is InChI=1S/C12H17ClN2O.ClH/c1-9(7-14)8-15-12(16)6-10-2-4-11(13)5-3-10;/h2-5,9H,6-8,14H2,1H3,(H,15,16);1H. The maximum absolute atomic E-state index is 11.5. The molecule has 5 heteroatoms. The highest BCUT2D eigenvalue weighted by Crippen LogP contribution is 2.09. The van der Waals surface area contributed by atoms with Crippen molar-refractivity contribution in [3.8, 4) is 0 Å². The lowest BCUT2D eigenvalue weighted by atomic mass is 10.1. The topological polar surface area (TPSA) is 55.1 Å². The van der Waals surface area contributed by atoms with Gasteiger partial charge in [-0.1, -0.05) is 30.7 Å². The van der Waals surface area contributed by atoms with Crippen LogP contribution >= 0.6 is 24.0 Å². The predicted octanol–water partition coefficient (Wildman–Crippen LogP) is 2.02. The first-order valence-corrected chi connectivity index (χ1v) is 5.71. The molecule has 1 aromatic rings. The fourth-order valence-corrected chi connectivity index (χ4v) is 1.35. The minimum absolute atomic E-state index is 0. The molecule has 1 amide bonds. The summed E-state index contributed by atoms with van der Waals surface area (Å²) in [4.78, 5) is 11.5. The first-order chi connectivity index (χ1) is 7.61. The maximum Gasteiger partial charge on any atom is 0.224 e. The molecular weight excluding hydrogens is 259 g/mol. The van der Waals surface area contributed by atoms with Crippen molar-refractivity contribution in [3.63, 3.8) is 0 Å². The van der Waals surface area contributed by atoms with Crippen molar-refractivity contribution < 1.29 is 4.79 Å². The molecule has 0 bridgehead atoms. The molecule has 0 aliphatic rings. The highest BCUT2D eigenvalue weighted by molar-refractivity contribution is 6.30. The Hall–Kier alpha value is -0.770. The van der Waals surface area contributed by atoms with E-state index in [-0.39, 0.29) is 18.3 Å². The van der Waals surface area contributed by atoms with E-state index in [1.807, 2.05) is 19.1 Å². The third-order valence-corrected chi connectivity index (χ3v) is 2.58. The van der Waals surface area contributed by atoms with Crippen LogP contribution < -0.4 is 11.1 Å². The van der Waals surface area contributed by atoms with Crippen LogP contribution in [0.2, 0.25) is 5.02 Å². The number of carbonyl (C=O) groups is 1. The molecule has 1 aromatic carbocycles. The average molecular weight is 277 g/mol. The summed E-state index contributed by atoms with van der Waals surface area (Å²) in [5.74, 6) is 0.330. The Kier molecular flexibility index (Phi) is 7.96. The van der Waals surface area contributed by atoms with Crippen LogP contribution in [0, 0.1) is 5.92 Å². The Labute approximate surface area is 113 Å². The Morgan fingerprint density at radius 1 is 1.41 bits per heavy atom. The van der Waals surface area contributed by atoms with E-state index >= 15 is 0 Å². The summed E-state index contributed by atoms with van der Waals surface area (Å²) in [7, 11) is 0. The van der Waals surface area contributed by atoms with Crippen LogP contribution in [-0.4, -0.2) is 19.0 Å². The van der Waals surface area contributed by atoms with E-state index in [1.165, 1.54) is 0 Å². The van der Waals surface area contributed by atoms with Gasteiger partial charge in [0, 0.05) is 11.6 Å². The largest absolute Gasteiger partial charge is 0.356 e. The number of nitrogens with one attached hydrogen (secondary N) is 1. The lowest BCUT2D eigenvalue weighted by molar-refractivity contribution is -0.120. The summed E-state index contributed by atoms with van der Waals surface area (Å²) in [6.07, 6.45) is 0.383. The molecule has 0 aromatic heterocycles. The Bertz CT molecular complexity index is 341. The average Bonchev–Trinajstić information content (AvgIpc) is 2.29. The van der Waals surface area contributed by atoms with Gasteiger partial charge in [0.15, 0.2) is 0 Å². The summed E-state index contributed by atoms with van der Waals surface area (Å²) in [6, 6.07) is 7.28. The van der Waals surface area contributed by atoms with Gasteiger partial charge in [0.1, 0.15) is 0 Å². The van der Waals surface area contributed by atoms with Crippen molar-refractivity contribution in [2.24, 2.45) is 11.7 Å². The number of hydrogen-bond acceptors (Lipinski definition) is 2. The van der Waals surface area contributed by atoms with Crippen LogP contribution in [0.1, 0.15) is 12.5 Å². The van der Waals surface area contributed by atoms with E-state index in [9.17, 15) is 4.79 Å². The minimum Gasteiger partial charge on any atom is -0.356 e. The van der Waals surface area contributed by atoms with Gasteiger partial charge in [-0.05, 0) is 30.2 Å². The molecule has 3 nitrogen and oxygen atoms in total. The number of benzene rings is 1. The first kappa shape index (κ1) is 16.2. The number of amides is 1. The van der Waals surface area contributed by atoms with Crippen molar-refractivity contribution in [1.82, 2.24) is 5.32 Å². The van der Waals surface area contributed by atoms with E-state index < -0.39 is 0 Å². The normalized spacial score (nSPS) is 11.5. The summed E-state index contributed by atoms with van der Waals surface area (Å²) < 4.78 is 0. The zero-order valence-corrected chi connectivity index (χ0v) is 11.4. The van der Waals surface area contributed by atoms with Gasteiger partial charge in [0.25, 0.3) is 0 Å². The molecular formula is C12H18Cl2N2O. The number of carbonyl (C=O) groups excluding carboxylic acids is 1. The molecule has 3 N–H and O–H groups in total. The Morgan fingerprint density at radius 2 is 2.00 bits per heavy atom. The highest BCUT2D eigenvalue weighted by atomic mass is 35.5. The molecule has 0 radical (unpaired) electrons. The van der Waals surface area contributed by atoms with Crippen molar-refractivity contribution in [2.75, 3.05) is 13.1 Å². The molecule has 0 saturated carbocycles. The second-order valence-electron chi connectivity index (χ2n) is 3.95. The maximum atomic E-state index is 11.5. The quantitative estimate of drug-likeness (QED) is 0.865. The fraction of sp³-hybridized carbons (Fsp3) is 0.417. The molecule has 96 valence electrons. The van der Waals surface area contributed by atoms with Gasteiger partial charge in [0.2, 0.25) is 5.91 Å². The van der Waals surface area contributed by atoms with Crippen LogP contribution in [-0.2, 0) is 11.2 Å². The van der Waals surface area contributed by atoms with E-state index in [2.05, 4.69) is 5.32 Å². The summed E-state index contributed by atoms with van der Waals surface area (Å²) in [5.41, 5.74) is 6.42. The number of hydrogen-bond donors (Lipinski definition) is 2. The van der Waals surface area contributed by atoms with Gasteiger partial charge in [-0.25, -0.2) is 0 Å². The molecule has 1 rings (SSSR count). The molecule has 0 saturated heterocycles. The third-order valence-electron chi connectivity index (χ3n) is 2.33. The van der Waals surface area contributed by atoms with Crippen LogP contribution in [0.4, 0.5) is 0 Å². The molecule has 0 aliphatic carbocycles. The zero-order chi connectivity index (χ0) is 12.0. The zero-order valence-electron chi connectivity index (χ0n) is 9.78. The van der Waals surface area contributed by atoms with Gasteiger partial charge in [-0.15, -0.1) is 12.4 Å². The Balaban J connectivity index is 0.00000256.